The largest absolute Gasteiger partial charge is 0.493 e. The van der Waals surface area contributed by atoms with Crippen LogP contribution in [0.4, 0.5) is 8.78 Å². The Kier molecular flexibility index (Phi) is 3.18. The zero-order valence-electron chi connectivity index (χ0n) is 10.9. The first-order chi connectivity index (χ1) is 9.59. The van der Waals surface area contributed by atoms with Gasteiger partial charge in [-0.1, -0.05) is 24.3 Å². The number of benzene rings is 2. The molecule has 1 N–H and O–H groups in total. The molecule has 0 aliphatic carbocycles. The average molecular weight is 276 g/mol. The van der Waals surface area contributed by atoms with E-state index in [-0.39, 0.29) is 12.2 Å². The fourth-order valence-corrected chi connectivity index (χ4v) is 2.60. The zero-order valence-corrected chi connectivity index (χ0v) is 10.9. The molecule has 1 aliphatic rings. The number of fused-ring (bicyclic) bond motifs is 1. The molecule has 1 heterocycles. The smallest absolute Gasteiger partial charge is 0.134 e. The zero-order chi connectivity index (χ0) is 14.3. The fourth-order valence-electron chi connectivity index (χ4n) is 2.60. The number of aliphatic hydroxyl groups is 1. The predicted octanol–water partition coefficient (Wildman–Crippen LogP) is 3.48. The SMILES string of the molecule is Cc1ccc(F)c(C(O)C2COc3ccccc32)c1F. The van der Waals surface area contributed by atoms with Crippen LogP contribution in [0.25, 0.3) is 0 Å². The van der Waals surface area contributed by atoms with Gasteiger partial charge in [-0.15, -0.1) is 0 Å². The van der Waals surface area contributed by atoms with Crippen LogP contribution in [0.2, 0.25) is 0 Å². The topological polar surface area (TPSA) is 29.5 Å². The van der Waals surface area contributed by atoms with Crippen molar-refractivity contribution in [2.75, 3.05) is 6.61 Å². The normalized spacial score (nSPS) is 18.5. The van der Waals surface area contributed by atoms with Gasteiger partial charge in [-0.2, -0.15) is 0 Å². The second-order valence-electron chi connectivity index (χ2n) is 4.99. The van der Waals surface area contributed by atoms with Gasteiger partial charge in [-0.05, 0) is 24.6 Å². The molecule has 0 saturated carbocycles. The lowest BCUT2D eigenvalue weighted by Crippen LogP contribution is -2.16. The number of aryl methyl sites for hydroxylation is 1. The molecule has 2 aromatic rings. The summed E-state index contributed by atoms with van der Waals surface area (Å²) in [5.74, 6) is -1.23. The average Bonchev–Trinajstić information content (AvgIpc) is 2.87. The van der Waals surface area contributed by atoms with Crippen molar-refractivity contribution in [1.29, 1.82) is 0 Å². The van der Waals surface area contributed by atoms with Gasteiger partial charge in [-0.25, -0.2) is 8.78 Å². The van der Waals surface area contributed by atoms with E-state index in [1.165, 1.54) is 12.1 Å². The van der Waals surface area contributed by atoms with Crippen LogP contribution in [0.3, 0.4) is 0 Å². The van der Waals surface area contributed by atoms with Crippen LogP contribution in [0.5, 0.6) is 5.75 Å². The number of halogens is 2. The van der Waals surface area contributed by atoms with E-state index in [4.69, 9.17) is 4.74 Å². The predicted molar refractivity (Wildman–Crippen MR) is 70.7 cm³/mol. The maximum atomic E-state index is 14.1. The van der Waals surface area contributed by atoms with Gasteiger partial charge in [0.05, 0.1) is 24.2 Å². The van der Waals surface area contributed by atoms with Crippen LogP contribution in [0.15, 0.2) is 36.4 Å². The Bertz CT molecular complexity index is 655. The minimum absolute atomic E-state index is 0.216. The number of aliphatic hydroxyl groups excluding tert-OH is 1. The van der Waals surface area contributed by atoms with Crippen molar-refractivity contribution in [2.45, 2.75) is 18.9 Å². The highest BCUT2D eigenvalue weighted by Crippen LogP contribution is 2.42. The Hall–Kier alpha value is -1.94. The number of hydrogen-bond donors (Lipinski definition) is 1. The molecule has 2 nitrogen and oxygen atoms in total. The standard InChI is InChI=1S/C16H14F2O2/c1-9-6-7-12(17)14(15(9)18)16(19)11-8-20-13-5-3-2-4-10(11)13/h2-7,11,16,19H,8H2,1H3. The van der Waals surface area contributed by atoms with Gasteiger partial charge in [0.25, 0.3) is 0 Å². The highest BCUT2D eigenvalue weighted by Gasteiger charge is 2.34. The number of para-hydroxylation sites is 1. The molecule has 3 rings (SSSR count). The first-order valence-electron chi connectivity index (χ1n) is 6.44. The van der Waals surface area contributed by atoms with Crippen molar-refractivity contribution < 1.29 is 18.6 Å². The summed E-state index contributed by atoms with van der Waals surface area (Å²) in [6.45, 7) is 1.76. The van der Waals surface area contributed by atoms with Crippen molar-refractivity contribution in [3.63, 3.8) is 0 Å². The molecule has 2 aromatic carbocycles. The third kappa shape index (κ3) is 1.96. The maximum Gasteiger partial charge on any atom is 0.134 e. The Morgan fingerprint density at radius 1 is 1.20 bits per heavy atom. The lowest BCUT2D eigenvalue weighted by atomic mass is 9.89. The number of rotatable bonds is 2. The van der Waals surface area contributed by atoms with Gasteiger partial charge in [0, 0.05) is 5.56 Å². The van der Waals surface area contributed by atoms with Gasteiger partial charge in [0.15, 0.2) is 0 Å². The number of hydrogen-bond acceptors (Lipinski definition) is 2. The molecule has 0 saturated heterocycles. The summed E-state index contributed by atoms with van der Waals surface area (Å²) in [6, 6.07) is 9.77. The highest BCUT2D eigenvalue weighted by atomic mass is 19.1. The van der Waals surface area contributed by atoms with E-state index in [9.17, 15) is 13.9 Å². The van der Waals surface area contributed by atoms with Gasteiger partial charge < -0.3 is 9.84 Å². The maximum absolute atomic E-state index is 14.1. The van der Waals surface area contributed by atoms with Gasteiger partial charge in [-0.3, -0.25) is 0 Å². The van der Waals surface area contributed by atoms with Gasteiger partial charge >= 0.3 is 0 Å². The minimum atomic E-state index is -1.27. The lowest BCUT2D eigenvalue weighted by molar-refractivity contribution is 0.122. The molecule has 2 unspecified atom stereocenters. The Morgan fingerprint density at radius 3 is 2.75 bits per heavy atom. The second-order valence-corrected chi connectivity index (χ2v) is 4.99. The summed E-state index contributed by atoms with van der Waals surface area (Å²) >= 11 is 0. The Balaban J connectivity index is 2.03. The molecule has 0 aromatic heterocycles. The van der Waals surface area contributed by atoms with Crippen LogP contribution < -0.4 is 4.74 Å². The van der Waals surface area contributed by atoms with Crippen LogP contribution in [0.1, 0.15) is 28.7 Å². The molecule has 0 radical (unpaired) electrons. The first kappa shape index (κ1) is 13.1. The van der Waals surface area contributed by atoms with Crippen LogP contribution >= 0.6 is 0 Å². The fraction of sp³-hybridized carbons (Fsp3) is 0.250. The van der Waals surface area contributed by atoms with Crippen LogP contribution in [0, 0.1) is 18.6 Å². The van der Waals surface area contributed by atoms with E-state index in [1.54, 1.807) is 13.0 Å². The molecule has 0 spiro atoms. The lowest BCUT2D eigenvalue weighted by Gasteiger charge is -2.19. The molecule has 4 heteroatoms. The number of ether oxygens (including phenoxy) is 1. The molecule has 2 atom stereocenters. The summed E-state index contributed by atoms with van der Waals surface area (Å²) in [5, 5.41) is 10.4. The highest BCUT2D eigenvalue weighted by molar-refractivity contribution is 5.42. The molecular weight excluding hydrogens is 262 g/mol. The minimum Gasteiger partial charge on any atom is -0.493 e. The molecule has 0 fully saturated rings. The molecule has 104 valence electrons. The Morgan fingerprint density at radius 2 is 1.95 bits per heavy atom. The quantitative estimate of drug-likeness (QED) is 0.910. The first-order valence-corrected chi connectivity index (χ1v) is 6.44. The van der Waals surface area contributed by atoms with E-state index in [2.05, 4.69) is 0 Å². The van der Waals surface area contributed by atoms with E-state index in [1.807, 2.05) is 18.2 Å². The Labute approximate surface area is 115 Å². The summed E-state index contributed by atoms with van der Waals surface area (Å²) in [5.41, 5.74) is 0.809. The second kappa shape index (κ2) is 4.87. The van der Waals surface area contributed by atoms with Gasteiger partial charge in [0.1, 0.15) is 17.4 Å². The van der Waals surface area contributed by atoms with E-state index in [0.29, 0.717) is 11.3 Å². The van der Waals surface area contributed by atoms with Crippen molar-refractivity contribution in [3.8, 4) is 5.75 Å². The molecule has 1 aliphatic heterocycles. The molecule has 20 heavy (non-hydrogen) atoms. The van der Waals surface area contributed by atoms with E-state index < -0.39 is 23.7 Å². The van der Waals surface area contributed by atoms with Crippen molar-refractivity contribution in [1.82, 2.24) is 0 Å². The molecule has 0 bridgehead atoms. The van der Waals surface area contributed by atoms with Crippen molar-refractivity contribution in [3.05, 3.63) is 64.7 Å². The molecule has 0 amide bonds. The van der Waals surface area contributed by atoms with E-state index in [0.717, 1.165) is 5.56 Å². The third-order valence-electron chi connectivity index (χ3n) is 3.73. The van der Waals surface area contributed by atoms with Gasteiger partial charge in [0.2, 0.25) is 0 Å². The summed E-state index contributed by atoms with van der Waals surface area (Å²) in [6.07, 6.45) is -1.27. The monoisotopic (exact) mass is 276 g/mol. The van der Waals surface area contributed by atoms with Crippen molar-refractivity contribution in [2.24, 2.45) is 0 Å². The van der Waals surface area contributed by atoms with Crippen LogP contribution in [-0.4, -0.2) is 11.7 Å². The summed E-state index contributed by atoms with van der Waals surface area (Å²) in [7, 11) is 0. The summed E-state index contributed by atoms with van der Waals surface area (Å²) < 4.78 is 33.4. The third-order valence-corrected chi connectivity index (χ3v) is 3.73. The van der Waals surface area contributed by atoms with Crippen LogP contribution in [-0.2, 0) is 0 Å². The van der Waals surface area contributed by atoms with Crippen molar-refractivity contribution >= 4 is 0 Å². The summed E-state index contributed by atoms with van der Waals surface area (Å²) in [4.78, 5) is 0. The molecular formula is C16H14F2O2. The van der Waals surface area contributed by atoms with E-state index >= 15 is 0 Å².